The molecule has 0 unspecified atom stereocenters. The largest absolute Gasteiger partial charge is 0.351 e. The van der Waals surface area contributed by atoms with E-state index in [4.69, 9.17) is 0 Å². The lowest BCUT2D eigenvalue weighted by Crippen LogP contribution is -2.39. The molecule has 1 saturated carbocycles. The monoisotopic (exact) mass is 369 g/mol. The molecular formula is C19H19N3O5. The van der Waals surface area contributed by atoms with E-state index in [0.717, 1.165) is 49.4 Å². The van der Waals surface area contributed by atoms with Gasteiger partial charge in [-0.3, -0.25) is 25.0 Å². The van der Waals surface area contributed by atoms with E-state index >= 15 is 0 Å². The van der Waals surface area contributed by atoms with Crippen LogP contribution in [0, 0.1) is 20.2 Å². The quantitative estimate of drug-likeness (QED) is 0.615. The second kappa shape index (κ2) is 7.53. The highest BCUT2D eigenvalue weighted by molar-refractivity contribution is 5.95. The number of benzene rings is 2. The van der Waals surface area contributed by atoms with E-state index in [1.165, 1.54) is 0 Å². The Labute approximate surface area is 155 Å². The third-order valence-electron chi connectivity index (χ3n) is 5.12. The molecule has 0 bridgehead atoms. The topological polar surface area (TPSA) is 115 Å². The van der Waals surface area contributed by atoms with Gasteiger partial charge in [-0.05, 0) is 18.4 Å². The van der Waals surface area contributed by atoms with Gasteiger partial charge < -0.3 is 5.32 Å². The molecule has 27 heavy (non-hydrogen) atoms. The minimum absolute atomic E-state index is 0.0860. The van der Waals surface area contributed by atoms with Crippen LogP contribution in [0.1, 0.15) is 41.6 Å². The van der Waals surface area contributed by atoms with Crippen molar-refractivity contribution in [2.75, 3.05) is 6.54 Å². The summed E-state index contributed by atoms with van der Waals surface area (Å²) in [6, 6.07) is 12.9. The summed E-state index contributed by atoms with van der Waals surface area (Å²) in [7, 11) is 0. The number of nitro groups is 2. The van der Waals surface area contributed by atoms with Crippen molar-refractivity contribution in [3.63, 3.8) is 0 Å². The standard InChI is InChI=1S/C19H19N3O5/c23-18(14-10-16(21(24)25)12-17(11-14)22(26)27)20-13-19(8-4-5-9-19)15-6-2-1-3-7-15/h1-3,6-7,10-12H,4-5,8-9,13H2,(H,20,23). The summed E-state index contributed by atoms with van der Waals surface area (Å²) in [5.74, 6) is -0.552. The fourth-order valence-electron chi connectivity index (χ4n) is 3.70. The van der Waals surface area contributed by atoms with Crippen LogP contribution in [-0.4, -0.2) is 22.3 Å². The molecule has 1 N–H and O–H groups in total. The number of nitro benzene ring substituents is 2. The van der Waals surface area contributed by atoms with Gasteiger partial charge in [-0.15, -0.1) is 0 Å². The summed E-state index contributed by atoms with van der Waals surface area (Å²) in [6.07, 6.45) is 4.00. The van der Waals surface area contributed by atoms with Crippen molar-refractivity contribution in [2.24, 2.45) is 0 Å². The van der Waals surface area contributed by atoms with Crippen LogP contribution in [0.2, 0.25) is 0 Å². The van der Waals surface area contributed by atoms with E-state index in [2.05, 4.69) is 5.32 Å². The second-order valence-corrected chi connectivity index (χ2v) is 6.79. The van der Waals surface area contributed by atoms with Crippen molar-refractivity contribution in [1.82, 2.24) is 5.32 Å². The predicted octanol–water partition coefficient (Wildman–Crippen LogP) is 3.74. The molecule has 1 aliphatic rings. The first-order valence-electron chi connectivity index (χ1n) is 8.69. The van der Waals surface area contributed by atoms with Gasteiger partial charge in [0.25, 0.3) is 17.3 Å². The molecule has 0 atom stereocenters. The summed E-state index contributed by atoms with van der Waals surface area (Å²) >= 11 is 0. The van der Waals surface area contributed by atoms with Gasteiger partial charge in [0.2, 0.25) is 0 Å². The van der Waals surface area contributed by atoms with Gasteiger partial charge in [-0.25, -0.2) is 0 Å². The van der Waals surface area contributed by atoms with Gasteiger partial charge in [0.05, 0.1) is 21.5 Å². The molecular weight excluding hydrogens is 350 g/mol. The number of carbonyl (C=O) groups excluding carboxylic acids is 1. The van der Waals surface area contributed by atoms with Crippen molar-refractivity contribution < 1.29 is 14.6 Å². The van der Waals surface area contributed by atoms with Gasteiger partial charge in [-0.1, -0.05) is 43.2 Å². The SMILES string of the molecule is O=C(NCC1(c2ccccc2)CCCC1)c1cc([N+](=O)[O-])cc([N+](=O)[O-])c1. The number of rotatable bonds is 6. The lowest BCUT2D eigenvalue weighted by Gasteiger charge is -2.30. The maximum absolute atomic E-state index is 12.6. The molecule has 1 amide bonds. The Hall–Kier alpha value is -3.29. The zero-order chi connectivity index (χ0) is 19.4. The first-order chi connectivity index (χ1) is 12.9. The van der Waals surface area contributed by atoms with Gasteiger partial charge in [0.15, 0.2) is 0 Å². The molecule has 2 aromatic rings. The highest BCUT2D eigenvalue weighted by atomic mass is 16.6. The Morgan fingerprint density at radius 3 is 2.04 bits per heavy atom. The number of non-ortho nitro benzene ring substituents is 2. The lowest BCUT2D eigenvalue weighted by atomic mass is 9.79. The van der Waals surface area contributed by atoms with Crippen LogP contribution in [0.15, 0.2) is 48.5 Å². The Morgan fingerprint density at radius 2 is 1.52 bits per heavy atom. The van der Waals surface area contributed by atoms with Crippen molar-refractivity contribution in [2.45, 2.75) is 31.1 Å². The average molecular weight is 369 g/mol. The van der Waals surface area contributed by atoms with Crippen LogP contribution in [0.5, 0.6) is 0 Å². The number of nitrogens with one attached hydrogen (secondary N) is 1. The molecule has 2 aromatic carbocycles. The molecule has 3 rings (SSSR count). The molecule has 0 aromatic heterocycles. The average Bonchev–Trinajstić information content (AvgIpc) is 3.16. The van der Waals surface area contributed by atoms with E-state index < -0.39 is 27.1 Å². The Bertz CT molecular complexity index is 844. The Kier molecular flexibility index (Phi) is 5.16. The number of nitrogens with zero attached hydrogens (tertiary/aromatic N) is 2. The zero-order valence-electron chi connectivity index (χ0n) is 14.6. The molecule has 0 aliphatic heterocycles. The minimum atomic E-state index is -0.744. The van der Waals surface area contributed by atoms with Crippen LogP contribution in [0.4, 0.5) is 11.4 Å². The number of hydrogen-bond donors (Lipinski definition) is 1. The molecule has 8 nitrogen and oxygen atoms in total. The first kappa shape index (κ1) is 18.5. The van der Waals surface area contributed by atoms with Gasteiger partial charge in [0.1, 0.15) is 0 Å². The molecule has 0 saturated heterocycles. The Morgan fingerprint density at radius 1 is 0.963 bits per heavy atom. The molecule has 8 heteroatoms. The van der Waals surface area contributed by atoms with Crippen LogP contribution in [0.25, 0.3) is 0 Å². The summed E-state index contributed by atoms with van der Waals surface area (Å²) in [5, 5.41) is 24.8. The maximum atomic E-state index is 12.6. The molecule has 140 valence electrons. The molecule has 0 heterocycles. The first-order valence-corrected chi connectivity index (χ1v) is 8.69. The lowest BCUT2D eigenvalue weighted by molar-refractivity contribution is -0.394. The third kappa shape index (κ3) is 3.94. The summed E-state index contributed by atoms with van der Waals surface area (Å²) in [5.41, 5.74) is -0.0743. The van der Waals surface area contributed by atoms with Crippen molar-refractivity contribution in [3.05, 3.63) is 79.9 Å². The summed E-state index contributed by atoms with van der Waals surface area (Å²) < 4.78 is 0. The summed E-state index contributed by atoms with van der Waals surface area (Å²) in [6.45, 7) is 0.381. The van der Waals surface area contributed by atoms with Crippen LogP contribution in [0.3, 0.4) is 0 Å². The fourth-order valence-corrected chi connectivity index (χ4v) is 3.70. The van der Waals surface area contributed by atoms with Crippen molar-refractivity contribution in [3.8, 4) is 0 Å². The molecule has 1 aliphatic carbocycles. The van der Waals surface area contributed by atoms with Gasteiger partial charge in [-0.2, -0.15) is 0 Å². The second-order valence-electron chi connectivity index (χ2n) is 6.79. The number of carbonyl (C=O) groups is 1. The van der Waals surface area contributed by atoms with Crippen molar-refractivity contribution in [1.29, 1.82) is 0 Å². The van der Waals surface area contributed by atoms with Gasteiger partial charge in [0, 0.05) is 24.1 Å². The van der Waals surface area contributed by atoms with E-state index in [0.29, 0.717) is 6.54 Å². The third-order valence-corrected chi connectivity index (χ3v) is 5.12. The van der Waals surface area contributed by atoms with E-state index in [9.17, 15) is 25.0 Å². The van der Waals surface area contributed by atoms with E-state index in [1.807, 2.05) is 30.3 Å². The van der Waals surface area contributed by atoms with E-state index in [1.54, 1.807) is 0 Å². The number of hydrogen-bond acceptors (Lipinski definition) is 5. The fraction of sp³-hybridized carbons (Fsp3) is 0.316. The predicted molar refractivity (Wildman–Crippen MR) is 98.7 cm³/mol. The minimum Gasteiger partial charge on any atom is -0.351 e. The number of amides is 1. The van der Waals surface area contributed by atoms with Gasteiger partial charge >= 0.3 is 0 Å². The summed E-state index contributed by atoms with van der Waals surface area (Å²) in [4.78, 5) is 33.1. The molecule has 1 fully saturated rings. The Balaban J connectivity index is 1.83. The smallest absolute Gasteiger partial charge is 0.277 e. The molecule has 0 spiro atoms. The van der Waals surface area contributed by atoms with Crippen LogP contribution < -0.4 is 5.32 Å². The van der Waals surface area contributed by atoms with Crippen LogP contribution >= 0.6 is 0 Å². The van der Waals surface area contributed by atoms with Crippen molar-refractivity contribution >= 4 is 17.3 Å². The van der Waals surface area contributed by atoms with E-state index in [-0.39, 0.29) is 11.0 Å². The van der Waals surface area contributed by atoms with Crippen LogP contribution in [-0.2, 0) is 5.41 Å². The maximum Gasteiger partial charge on any atom is 0.277 e. The highest BCUT2D eigenvalue weighted by Gasteiger charge is 2.36. The molecule has 0 radical (unpaired) electrons. The normalized spacial score (nSPS) is 15.3. The zero-order valence-corrected chi connectivity index (χ0v) is 14.6. The highest BCUT2D eigenvalue weighted by Crippen LogP contribution is 2.40.